The highest BCUT2D eigenvalue weighted by Crippen LogP contribution is 2.47. The second kappa shape index (κ2) is 9.89. The van der Waals surface area contributed by atoms with Gasteiger partial charge in [-0.25, -0.2) is 0 Å². The predicted octanol–water partition coefficient (Wildman–Crippen LogP) is 5.02. The fraction of sp³-hybridized carbons (Fsp3) is 0.567. The van der Waals surface area contributed by atoms with Crippen LogP contribution in [0.2, 0.25) is 0 Å². The molecule has 2 N–H and O–H groups in total. The molecule has 3 fully saturated rings. The quantitative estimate of drug-likeness (QED) is 0.597. The van der Waals surface area contributed by atoms with Gasteiger partial charge in [-0.05, 0) is 61.6 Å². The Labute approximate surface area is 217 Å². The largest absolute Gasteiger partial charge is 0.493 e. The molecule has 2 saturated heterocycles. The molecule has 4 nitrogen and oxygen atoms in total. The number of carbonyl (C=O) groups excluding carboxylic acids is 1. The lowest BCUT2D eigenvalue weighted by molar-refractivity contribution is -0.640. The van der Waals surface area contributed by atoms with Crippen molar-refractivity contribution >= 4 is 21.8 Å². The van der Waals surface area contributed by atoms with Crippen molar-refractivity contribution in [2.24, 2.45) is 11.8 Å². The third-order valence-electron chi connectivity index (χ3n) is 9.55. The van der Waals surface area contributed by atoms with Crippen LogP contribution in [0, 0.1) is 11.8 Å². The summed E-state index contributed by atoms with van der Waals surface area (Å²) in [5.74, 6) is 2.63. The summed E-state index contributed by atoms with van der Waals surface area (Å²) in [6.45, 7) is 3.47. The van der Waals surface area contributed by atoms with Crippen molar-refractivity contribution in [1.29, 1.82) is 0 Å². The SMILES string of the molecule is O=C([C@@H]1C[NH2+]C[C@]12CCOc1cc(Br)ccc12)N1CC[C@@H](c2ccccc2)C[C@H]1C1CCCCC1. The van der Waals surface area contributed by atoms with Crippen LogP contribution in [0.25, 0.3) is 0 Å². The first-order chi connectivity index (χ1) is 17.2. The van der Waals surface area contributed by atoms with Gasteiger partial charge in [-0.1, -0.05) is 71.6 Å². The van der Waals surface area contributed by atoms with Gasteiger partial charge in [0.25, 0.3) is 0 Å². The number of quaternary nitrogens is 1. The Hall–Kier alpha value is -1.85. The van der Waals surface area contributed by atoms with E-state index in [2.05, 4.69) is 74.7 Å². The van der Waals surface area contributed by atoms with Crippen LogP contribution in [0.3, 0.4) is 0 Å². The van der Waals surface area contributed by atoms with Crippen molar-refractivity contribution in [2.75, 3.05) is 26.2 Å². The van der Waals surface area contributed by atoms with Crippen molar-refractivity contribution < 1.29 is 14.8 Å². The number of likely N-dealkylation sites (tertiary alicyclic amines) is 1. The summed E-state index contributed by atoms with van der Waals surface area (Å²) in [5.41, 5.74) is 2.58. The smallest absolute Gasteiger partial charge is 0.232 e. The molecule has 2 aromatic rings. The number of benzene rings is 2. The average molecular weight is 539 g/mol. The Bertz CT molecular complexity index is 1050. The van der Waals surface area contributed by atoms with Gasteiger partial charge in [0.15, 0.2) is 0 Å². The fourth-order valence-corrected chi connectivity index (χ4v) is 8.10. The summed E-state index contributed by atoms with van der Waals surface area (Å²) in [5, 5.41) is 2.38. The monoisotopic (exact) mass is 537 g/mol. The molecule has 35 heavy (non-hydrogen) atoms. The Morgan fingerprint density at radius 2 is 1.89 bits per heavy atom. The summed E-state index contributed by atoms with van der Waals surface area (Å²) in [6, 6.07) is 17.8. The lowest BCUT2D eigenvalue weighted by Gasteiger charge is -2.47. The number of rotatable bonds is 3. The summed E-state index contributed by atoms with van der Waals surface area (Å²) in [7, 11) is 0. The van der Waals surface area contributed by atoms with Gasteiger partial charge in [0.1, 0.15) is 11.7 Å². The van der Waals surface area contributed by atoms with E-state index < -0.39 is 0 Å². The van der Waals surface area contributed by atoms with E-state index in [1.54, 1.807) is 0 Å². The van der Waals surface area contributed by atoms with Crippen molar-refractivity contribution in [3.8, 4) is 5.75 Å². The maximum atomic E-state index is 14.5. The average Bonchev–Trinajstić information content (AvgIpc) is 3.32. The number of amides is 1. The van der Waals surface area contributed by atoms with Gasteiger partial charge in [0.2, 0.25) is 5.91 Å². The highest BCUT2D eigenvalue weighted by molar-refractivity contribution is 9.10. The first-order valence-corrected chi connectivity index (χ1v) is 14.5. The van der Waals surface area contributed by atoms with Gasteiger partial charge in [-0.3, -0.25) is 4.79 Å². The minimum atomic E-state index is -0.112. The van der Waals surface area contributed by atoms with Crippen LogP contribution in [0.1, 0.15) is 68.4 Å². The molecule has 1 saturated carbocycles. The number of piperidine rings is 1. The first kappa shape index (κ1) is 23.5. The maximum Gasteiger partial charge on any atom is 0.232 e. The van der Waals surface area contributed by atoms with Crippen molar-refractivity contribution in [3.63, 3.8) is 0 Å². The third-order valence-corrected chi connectivity index (χ3v) is 10.0. The maximum absolute atomic E-state index is 14.5. The molecule has 5 heteroatoms. The van der Waals surface area contributed by atoms with Crippen LogP contribution in [-0.2, 0) is 10.2 Å². The highest BCUT2D eigenvalue weighted by atomic mass is 79.9. The van der Waals surface area contributed by atoms with Gasteiger partial charge in [-0.2, -0.15) is 0 Å². The van der Waals surface area contributed by atoms with Crippen LogP contribution < -0.4 is 10.1 Å². The van der Waals surface area contributed by atoms with Crippen molar-refractivity contribution in [2.45, 2.75) is 68.7 Å². The molecule has 1 aliphatic carbocycles. The van der Waals surface area contributed by atoms with Gasteiger partial charge < -0.3 is 15.0 Å². The topological polar surface area (TPSA) is 46.1 Å². The zero-order valence-electron chi connectivity index (χ0n) is 20.6. The zero-order valence-corrected chi connectivity index (χ0v) is 22.2. The number of ether oxygens (including phenoxy) is 1. The van der Waals surface area contributed by atoms with E-state index in [-0.39, 0.29) is 11.3 Å². The molecule has 4 aliphatic rings. The summed E-state index contributed by atoms with van der Waals surface area (Å²) < 4.78 is 7.12. The van der Waals surface area contributed by atoms with Crippen LogP contribution >= 0.6 is 15.9 Å². The minimum absolute atomic E-state index is 0.0330. The number of nitrogens with two attached hydrogens (primary N) is 1. The zero-order chi connectivity index (χ0) is 23.8. The van der Waals surface area contributed by atoms with Crippen molar-refractivity contribution in [3.05, 3.63) is 64.1 Å². The van der Waals surface area contributed by atoms with E-state index in [1.807, 2.05) is 0 Å². The van der Waals surface area contributed by atoms with Gasteiger partial charge in [0.05, 0.1) is 25.1 Å². The molecule has 0 aromatic heterocycles. The van der Waals surface area contributed by atoms with E-state index in [4.69, 9.17) is 4.74 Å². The lowest BCUT2D eigenvalue weighted by Crippen LogP contribution is -2.82. The van der Waals surface area contributed by atoms with Gasteiger partial charge in [-0.15, -0.1) is 0 Å². The van der Waals surface area contributed by atoms with E-state index in [9.17, 15) is 4.79 Å². The standard InChI is InChI=1S/C30H37BrN2O2/c31-24-11-12-25-28(18-24)35-16-14-30(25)20-32-19-26(30)29(34)33-15-13-23(21-7-3-1-4-8-21)17-27(33)22-9-5-2-6-10-22/h1,3-4,7-8,11-12,18,22-23,26-27,32H,2,5-6,9-10,13-17,19-20H2/p+1/t23-,26+,27+,30+/m1/s1. The van der Waals surface area contributed by atoms with Crippen LogP contribution in [-0.4, -0.2) is 43.1 Å². The van der Waals surface area contributed by atoms with Gasteiger partial charge >= 0.3 is 0 Å². The molecule has 3 aliphatic heterocycles. The molecule has 186 valence electrons. The van der Waals surface area contributed by atoms with Crippen molar-refractivity contribution in [1.82, 2.24) is 4.90 Å². The number of carbonyl (C=O) groups is 1. The molecule has 0 unspecified atom stereocenters. The Morgan fingerprint density at radius 1 is 1.06 bits per heavy atom. The molecule has 0 radical (unpaired) electrons. The highest BCUT2D eigenvalue weighted by Gasteiger charge is 2.55. The molecule has 4 atom stereocenters. The van der Waals surface area contributed by atoms with Gasteiger partial charge in [0, 0.05) is 22.6 Å². The molecular weight excluding hydrogens is 500 g/mol. The first-order valence-electron chi connectivity index (χ1n) is 13.8. The third kappa shape index (κ3) is 4.33. The molecule has 6 rings (SSSR count). The fourth-order valence-electron chi connectivity index (χ4n) is 7.76. The number of hydrogen-bond donors (Lipinski definition) is 1. The number of halogens is 1. The number of fused-ring (bicyclic) bond motifs is 2. The molecule has 3 heterocycles. The van der Waals surface area contributed by atoms with E-state index >= 15 is 0 Å². The van der Waals surface area contributed by atoms with E-state index in [0.29, 0.717) is 30.4 Å². The number of nitrogens with zero attached hydrogens (tertiary/aromatic N) is 1. The summed E-state index contributed by atoms with van der Waals surface area (Å²) >= 11 is 3.61. The normalized spacial score (nSPS) is 31.2. The molecule has 2 aromatic carbocycles. The number of hydrogen-bond acceptors (Lipinski definition) is 2. The molecule has 0 bridgehead atoms. The Morgan fingerprint density at radius 3 is 2.71 bits per heavy atom. The van der Waals surface area contributed by atoms with Crippen LogP contribution in [0.15, 0.2) is 53.0 Å². The lowest BCUT2D eigenvalue weighted by atomic mass is 9.67. The molecule has 1 amide bonds. The van der Waals surface area contributed by atoms with Crippen LogP contribution in [0.5, 0.6) is 5.75 Å². The second-order valence-electron chi connectivity index (χ2n) is 11.3. The van der Waals surface area contributed by atoms with E-state index in [1.165, 1.54) is 43.2 Å². The second-order valence-corrected chi connectivity index (χ2v) is 12.2. The molecule has 1 spiro atoms. The van der Waals surface area contributed by atoms with E-state index in [0.717, 1.165) is 49.1 Å². The Kier molecular flexibility index (Phi) is 6.66. The Balaban J connectivity index is 1.30. The summed E-state index contributed by atoms with van der Waals surface area (Å²) in [6.07, 6.45) is 9.69. The minimum Gasteiger partial charge on any atom is -0.493 e. The van der Waals surface area contributed by atoms with Crippen LogP contribution in [0.4, 0.5) is 0 Å². The predicted molar refractivity (Wildman–Crippen MR) is 142 cm³/mol. The molecular formula is C30H38BrN2O2+. The summed E-state index contributed by atoms with van der Waals surface area (Å²) in [4.78, 5) is 16.9.